The lowest BCUT2D eigenvalue weighted by Crippen LogP contribution is -2.45. The van der Waals surface area contributed by atoms with Gasteiger partial charge in [-0.15, -0.1) is 0 Å². The molecule has 21 heavy (non-hydrogen) atoms. The molecule has 0 spiro atoms. The van der Waals surface area contributed by atoms with Gasteiger partial charge >= 0.3 is 0 Å². The third kappa shape index (κ3) is 3.74. The normalized spacial score (nSPS) is 11.0. The van der Waals surface area contributed by atoms with Crippen LogP contribution in [0.5, 0.6) is 0 Å². The molecule has 1 aromatic carbocycles. The van der Waals surface area contributed by atoms with E-state index in [9.17, 15) is 25.0 Å². The van der Waals surface area contributed by atoms with Crippen molar-refractivity contribution >= 4 is 17.3 Å². The summed E-state index contributed by atoms with van der Waals surface area (Å²) in [5, 5.41) is 21.7. The van der Waals surface area contributed by atoms with Gasteiger partial charge in [0.2, 0.25) is 0 Å². The predicted octanol–water partition coefficient (Wildman–Crippen LogP) is 2.76. The average molecular weight is 295 g/mol. The standard InChI is InChI=1S/C13H17N3O5/c1-5-14(13(2,3)4)12(17)9-6-10(15(18)19)8-11(7-9)16(20)21/h6-8H,5H2,1-4H3. The summed E-state index contributed by atoms with van der Waals surface area (Å²) in [5.41, 5.74) is -1.51. The lowest BCUT2D eigenvalue weighted by molar-refractivity contribution is -0.394. The molecule has 1 rings (SSSR count). The largest absolute Gasteiger partial charge is 0.334 e. The Labute approximate surface area is 121 Å². The first-order valence-electron chi connectivity index (χ1n) is 6.33. The second-order valence-electron chi connectivity index (χ2n) is 5.47. The third-order valence-corrected chi connectivity index (χ3v) is 2.94. The molecule has 1 aromatic rings. The third-order valence-electron chi connectivity index (χ3n) is 2.94. The minimum absolute atomic E-state index is 0.0623. The molecule has 0 aliphatic heterocycles. The van der Waals surface area contributed by atoms with E-state index in [1.54, 1.807) is 6.92 Å². The Morgan fingerprint density at radius 2 is 1.52 bits per heavy atom. The number of hydrogen-bond acceptors (Lipinski definition) is 5. The summed E-state index contributed by atoms with van der Waals surface area (Å²) in [4.78, 5) is 34.1. The molecule has 0 heterocycles. The van der Waals surface area contributed by atoms with E-state index in [-0.39, 0.29) is 5.56 Å². The molecule has 8 heteroatoms. The Bertz CT molecular complexity index is 560. The zero-order valence-electron chi connectivity index (χ0n) is 12.3. The Morgan fingerprint density at radius 1 is 1.10 bits per heavy atom. The molecule has 0 unspecified atom stereocenters. The highest BCUT2D eigenvalue weighted by molar-refractivity contribution is 5.96. The van der Waals surface area contributed by atoms with Gasteiger partial charge in [0, 0.05) is 24.2 Å². The molecule has 0 fully saturated rings. The van der Waals surface area contributed by atoms with Gasteiger partial charge in [0.15, 0.2) is 0 Å². The molecule has 0 bridgehead atoms. The van der Waals surface area contributed by atoms with Crippen LogP contribution in [0.3, 0.4) is 0 Å². The van der Waals surface area contributed by atoms with Crippen LogP contribution in [-0.4, -0.2) is 32.7 Å². The average Bonchev–Trinajstić information content (AvgIpc) is 2.36. The maximum absolute atomic E-state index is 12.5. The lowest BCUT2D eigenvalue weighted by Gasteiger charge is -2.34. The number of carbonyl (C=O) groups is 1. The number of benzene rings is 1. The maximum atomic E-state index is 12.5. The van der Waals surface area contributed by atoms with Crippen molar-refractivity contribution < 1.29 is 14.6 Å². The van der Waals surface area contributed by atoms with E-state index in [0.717, 1.165) is 18.2 Å². The van der Waals surface area contributed by atoms with Gasteiger partial charge in [-0.3, -0.25) is 25.0 Å². The van der Waals surface area contributed by atoms with Crippen LogP contribution in [0.25, 0.3) is 0 Å². The van der Waals surface area contributed by atoms with Gasteiger partial charge in [0.25, 0.3) is 17.3 Å². The van der Waals surface area contributed by atoms with Crippen molar-refractivity contribution in [3.8, 4) is 0 Å². The fraction of sp³-hybridized carbons (Fsp3) is 0.462. The fourth-order valence-electron chi connectivity index (χ4n) is 2.01. The first-order valence-corrected chi connectivity index (χ1v) is 6.33. The van der Waals surface area contributed by atoms with E-state index in [0.29, 0.717) is 6.54 Å². The van der Waals surface area contributed by atoms with E-state index < -0.39 is 32.7 Å². The van der Waals surface area contributed by atoms with E-state index in [1.807, 2.05) is 20.8 Å². The SMILES string of the molecule is CCN(C(=O)c1cc([N+](=O)[O-])cc([N+](=O)[O-])c1)C(C)(C)C. The summed E-state index contributed by atoms with van der Waals surface area (Å²) in [6.07, 6.45) is 0. The van der Waals surface area contributed by atoms with Crippen molar-refractivity contribution in [3.05, 3.63) is 44.0 Å². The quantitative estimate of drug-likeness (QED) is 0.627. The Balaban J connectivity index is 3.38. The molecule has 114 valence electrons. The summed E-state index contributed by atoms with van der Waals surface area (Å²) >= 11 is 0. The minimum Gasteiger partial charge on any atom is -0.334 e. The van der Waals surface area contributed by atoms with E-state index >= 15 is 0 Å². The van der Waals surface area contributed by atoms with Crippen LogP contribution in [0.4, 0.5) is 11.4 Å². The summed E-state index contributed by atoms with van der Waals surface area (Å²) in [7, 11) is 0. The summed E-state index contributed by atoms with van der Waals surface area (Å²) in [5.74, 6) is -0.475. The number of nitrogens with zero attached hydrogens (tertiary/aromatic N) is 3. The fourth-order valence-corrected chi connectivity index (χ4v) is 2.01. The van der Waals surface area contributed by atoms with Crippen LogP contribution < -0.4 is 0 Å². The van der Waals surface area contributed by atoms with Crippen molar-refractivity contribution in [3.63, 3.8) is 0 Å². The highest BCUT2D eigenvalue weighted by atomic mass is 16.6. The van der Waals surface area contributed by atoms with Crippen LogP contribution >= 0.6 is 0 Å². The van der Waals surface area contributed by atoms with Crippen molar-refractivity contribution in [1.82, 2.24) is 4.90 Å². The number of hydrogen-bond donors (Lipinski definition) is 0. The van der Waals surface area contributed by atoms with Gasteiger partial charge in [-0.05, 0) is 27.7 Å². The predicted molar refractivity (Wildman–Crippen MR) is 76.2 cm³/mol. The first-order chi connectivity index (χ1) is 9.57. The van der Waals surface area contributed by atoms with Gasteiger partial charge in [-0.1, -0.05) is 0 Å². The molecule has 1 amide bonds. The molecule has 0 aromatic heterocycles. The zero-order valence-corrected chi connectivity index (χ0v) is 12.3. The molecule has 0 saturated heterocycles. The number of non-ortho nitro benzene ring substituents is 2. The number of rotatable bonds is 4. The number of nitro benzene ring substituents is 2. The first kappa shape index (κ1) is 16.5. The second kappa shape index (κ2) is 5.86. The summed E-state index contributed by atoms with van der Waals surface area (Å²) < 4.78 is 0. The Kier molecular flexibility index (Phi) is 4.62. The second-order valence-corrected chi connectivity index (χ2v) is 5.47. The van der Waals surface area contributed by atoms with Gasteiger partial charge < -0.3 is 4.90 Å². The highest BCUT2D eigenvalue weighted by Gasteiger charge is 2.28. The number of carbonyl (C=O) groups excluding carboxylic acids is 1. The van der Waals surface area contributed by atoms with Crippen LogP contribution in [0.15, 0.2) is 18.2 Å². The van der Waals surface area contributed by atoms with Gasteiger partial charge in [0.1, 0.15) is 0 Å². The Hall–Kier alpha value is -2.51. The van der Waals surface area contributed by atoms with Gasteiger partial charge in [-0.25, -0.2) is 0 Å². The van der Waals surface area contributed by atoms with Crippen molar-refractivity contribution in [2.75, 3.05) is 6.54 Å². The van der Waals surface area contributed by atoms with Gasteiger partial charge in [0.05, 0.1) is 21.5 Å². The van der Waals surface area contributed by atoms with Crippen LogP contribution in [0, 0.1) is 20.2 Å². The molecular formula is C13H17N3O5. The molecule has 0 aliphatic carbocycles. The van der Waals surface area contributed by atoms with E-state index in [2.05, 4.69) is 0 Å². The molecular weight excluding hydrogens is 278 g/mol. The zero-order chi connectivity index (χ0) is 16.4. The highest BCUT2D eigenvalue weighted by Crippen LogP contribution is 2.25. The van der Waals surface area contributed by atoms with Crippen molar-refractivity contribution in [2.24, 2.45) is 0 Å². The maximum Gasteiger partial charge on any atom is 0.277 e. The summed E-state index contributed by atoms with van der Waals surface area (Å²) in [6.45, 7) is 7.62. The summed E-state index contributed by atoms with van der Waals surface area (Å²) in [6, 6.07) is 2.96. The smallest absolute Gasteiger partial charge is 0.277 e. The number of amides is 1. The molecule has 0 atom stereocenters. The van der Waals surface area contributed by atoms with E-state index in [1.165, 1.54) is 4.90 Å². The molecule has 0 aliphatic rings. The van der Waals surface area contributed by atoms with Crippen molar-refractivity contribution in [2.45, 2.75) is 33.2 Å². The van der Waals surface area contributed by atoms with E-state index in [4.69, 9.17) is 0 Å². The van der Waals surface area contributed by atoms with Crippen molar-refractivity contribution in [1.29, 1.82) is 0 Å². The van der Waals surface area contributed by atoms with Crippen LogP contribution in [-0.2, 0) is 0 Å². The molecule has 0 saturated carbocycles. The molecule has 0 radical (unpaired) electrons. The van der Waals surface area contributed by atoms with Crippen LogP contribution in [0.2, 0.25) is 0 Å². The monoisotopic (exact) mass is 295 g/mol. The van der Waals surface area contributed by atoms with Crippen LogP contribution in [0.1, 0.15) is 38.1 Å². The minimum atomic E-state index is -0.753. The lowest BCUT2D eigenvalue weighted by atomic mass is 10.0. The molecule has 8 nitrogen and oxygen atoms in total. The molecule has 0 N–H and O–H groups in total. The van der Waals surface area contributed by atoms with Gasteiger partial charge in [-0.2, -0.15) is 0 Å². The number of nitro groups is 2. The Morgan fingerprint density at radius 3 is 1.81 bits per heavy atom. The topological polar surface area (TPSA) is 107 Å².